The summed E-state index contributed by atoms with van der Waals surface area (Å²) in [6.07, 6.45) is -0.714. The fraction of sp³-hybridized carbons (Fsp3) is 0.700. The van der Waals surface area contributed by atoms with E-state index in [4.69, 9.17) is 15.3 Å². The molecule has 4 N–H and O–H groups in total. The van der Waals surface area contributed by atoms with Crippen molar-refractivity contribution in [1.82, 2.24) is 10.2 Å². The van der Waals surface area contributed by atoms with Gasteiger partial charge in [-0.05, 0) is 13.8 Å². The fourth-order valence-electron chi connectivity index (χ4n) is 1.00. The molecule has 0 bridgehead atoms. The van der Waals surface area contributed by atoms with E-state index >= 15 is 0 Å². The Kier molecular flexibility index (Phi) is 5.57. The van der Waals surface area contributed by atoms with Crippen molar-refractivity contribution in [1.29, 1.82) is 0 Å². The first-order chi connectivity index (χ1) is 8.11. The van der Waals surface area contributed by atoms with E-state index in [0.29, 0.717) is 0 Å². The zero-order valence-electron chi connectivity index (χ0n) is 10.5. The van der Waals surface area contributed by atoms with Crippen LogP contribution in [0, 0.1) is 0 Å². The smallest absolute Gasteiger partial charge is 0.326 e. The van der Waals surface area contributed by atoms with E-state index in [-0.39, 0.29) is 6.61 Å². The van der Waals surface area contributed by atoms with Gasteiger partial charge in [0.25, 0.3) is 0 Å². The maximum Gasteiger partial charge on any atom is 0.326 e. The summed E-state index contributed by atoms with van der Waals surface area (Å²) in [5.41, 5.74) is -0.879. The number of nitrogens with one attached hydrogen (secondary N) is 1. The highest BCUT2D eigenvalue weighted by atomic mass is 16.4. The number of carbonyl (C=O) groups excluding carboxylic acids is 1. The monoisotopic (exact) mass is 262 g/mol. The Morgan fingerprint density at radius 3 is 2.11 bits per heavy atom. The highest BCUT2D eigenvalue weighted by molar-refractivity contribution is 5.86. The Labute approximate surface area is 104 Å². The molecule has 0 saturated carbocycles. The van der Waals surface area contributed by atoms with Gasteiger partial charge in [0.1, 0.15) is 6.04 Å². The van der Waals surface area contributed by atoms with Crippen molar-refractivity contribution in [2.45, 2.75) is 31.8 Å². The fourth-order valence-corrected chi connectivity index (χ4v) is 1.00. The Bertz CT molecular complexity index is 341. The second-order valence-electron chi connectivity index (χ2n) is 4.47. The van der Waals surface area contributed by atoms with Crippen LogP contribution >= 0.6 is 0 Å². The van der Waals surface area contributed by atoms with Crippen molar-refractivity contribution in [3.8, 4) is 0 Å². The van der Waals surface area contributed by atoms with Crippen LogP contribution in [0.3, 0.4) is 0 Å². The molecular weight excluding hydrogens is 244 g/mol. The number of aliphatic hydroxyl groups excluding tert-OH is 1. The molecule has 2 amide bonds. The van der Waals surface area contributed by atoms with Crippen LogP contribution in [0.15, 0.2) is 0 Å². The molecule has 104 valence electrons. The number of nitrogens with zero attached hydrogens (tertiary/aromatic N) is 1. The summed E-state index contributed by atoms with van der Waals surface area (Å²) in [4.78, 5) is 34.0. The number of urea groups is 1. The van der Waals surface area contributed by atoms with Gasteiger partial charge < -0.3 is 25.5 Å². The van der Waals surface area contributed by atoms with Crippen LogP contribution < -0.4 is 5.32 Å². The molecule has 0 rings (SSSR count). The molecule has 1 atom stereocenters. The zero-order chi connectivity index (χ0) is 14.5. The number of carboxylic acids is 2. The van der Waals surface area contributed by atoms with E-state index < -0.39 is 36.0 Å². The number of hydrogen-bond donors (Lipinski definition) is 4. The van der Waals surface area contributed by atoms with Crippen molar-refractivity contribution in [3.05, 3.63) is 0 Å². The van der Waals surface area contributed by atoms with E-state index in [1.54, 1.807) is 13.8 Å². The van der Waals surface area contributed by atoms with Gasteiger partial charge in [0.15, 0.2) is 0 Å². The lowest BCUT2D eigenvalue weighted by Gasteiger charge is -2.34. The molecule has 0 spiro atoms. The van der Waals surface area contributed by atoms with E-state index in [1.165, 1.54) is 7.05 Å². The molecule has 0 aliphatic carbocycles. The number of carboxylic acid groups (broad SMARTS) is 2. The highest BCUT2D eigenvalue weighted by Crippen LogP contribution is 2.11. The van der Waals surface area contributed by atoms with E-state index in [2.05, 4.69) is 5.32 Å². The predicted octanol–water partition coefficient (Wildman–Crippen LogP) is -0.673. The summed E-state index contributed by atoms with van der Waals surface area (Å²) < 4.78 is 0. The Morgan fingerprint density at radius 1 is 1.28 bits per heavy atom. The number of rotatable bonds is 6. The molecular formula is C10H18N2O6. The maximum absolute atomic E-state index is 11.7. The molecule has 1 unspecified atom stereocenters. The van der Waals surface area contributed by atoms with Crippen LogP contribution in [0.5, 0.6) is 0 Å². The zero-order valence-corrected chi connectivity index (χ0v) is 10.5. The van der Waals surface area contributed by atoms with Crippen LogP contribution in [0.4, 0.5) is 4.79 Å². The van der Waals surface area contributed by atoms with Crippen molar-refractivity contribution < 1.29 is 29.7 Å². The van der Waals surface area contributed by atoms with Gasteiger partial charge in [0, 0.05) is 7.05 Å². The van der Waals surface area contributed by atoms with Crippen LogP contribution in [0.2, 0.25) is 0 Å². The molecule has 0 aromatic rings. The van der Waals surface area contributed by atoms with Gasteiger partial charge in [-0.25, -0.2) is 9.59 Å². The normalized spacial score (nSPS) is 12.7. The summed E-state index contributed by atoms with van der Waals surface area (Å²) in [7, 11) is 1.38. The molecule has 0 fully saturated rings. The summed E-state index contributed by atoms with van der Waals surface area (Å²) in [6, 6.07) is -2.27. The Morgan fingerprint density at radius 2 is 1.78 bits per heavy atom. The lowest BCUT2D eigenvalue weighted by Crippen LogP contribution is -2.55. The number of hydrogen-bond acceptors (Lipinski definition) is 4. The largest absolute Gasteiger partial charge is 0.481 e. The van der Waals surface area contributed by atoms with Crippen LogP contribution in [-0.2, 0) is 9.59 Å². The average Bonchev–Trinajstić information content (AvgIpc) is 2.26. The number of amides is 2. The molecule has 0 aromatic heterocycles. The van der Waals surface area contributed by atoms with E-state index in [9.17, 15) is 14.4 Å². The van der Waals surface area contributed by atoms with Gasteiger partial charge in [-0.2, -0.15) is 0 Å². The first kappa shape index (κ1) is 16.2. The van der Waals surface area contributed by atoms with Gasteiger partial charge in [-0.1, -0.05) is 0 Å². The molecule has 0 aromatic carbocycles. The molecule has 0 radical (unpaired) electrons. The second-order valence-corrected chi connectivity index (χ2v) is 4.47. The molecule has 0 aliphatic rings. The standard InChI is InChI=1S/C10H18N2O6/c1-10(2,5-13)12(3)9(18)11-6(8(16)17)4-7(14)15/h6,13H,4-5H2,1-3H3,(H,11,18)(H,14,15)(H,16,17). The predicted molar refractivity (Wildman–Crippen MR) is 61.1 cm³/mol. The van der Waals surface area contributed by atoms with Crippen LogP contribution in [-0.4, -0.2) is 63.4 Å². The van der Waals surface area contributed by atoms with Crippen LogP contribution in [0.1, 0.15) is 20.3 Å². The molecule has 8 nitrogen and oxygen atoms in total. The number of likely N-dealkylation sites (N-methyl/N-ethyl adjacent to an activating group) is 1. The summed E-state index contributed by atoms with van der Waals surface area (Å²) in [5, 5.41) is 28.4. The van der Waals surface area contributed by atoms with Gasteiger partial charge in [0.2, 0.25) is 0 Å². The Hall–Kier alpha value is -1.83. The highest BCUT2D eigenvalue weighted by Gasteiger charge is 2.30. The minimum Gasteiger partial charge on any atom is -0.481 e. The van der Waals surface area contributed by atoms with Gasteiger partial charge in [-0.15, -0.1) is 0 Å². The topological polar surface area (TPSA) is 127 Å². The van der Waals surface area contributed by atoms with Crippen molar-refractivity contribution in [2.24, 2.45) is 0 Å². The third-order valence-corrected chi connectivity index (χ3v) is 2.57. The van der Waals surface area contributed by atoms with Crippen molar-refractivity contribution in [2.75, 3.05) is 13.7 Å². The summed E-state index contributed by atoms with van der Waals surface area (Å²) >= 11 is 0. The minimum atomic E-state index is -1.51. The molecule has 0 aliphatic heterocycles. The lowest BCUT2D eigenvalue weighted by atomic mass is 10.1. The van der Waals surface area contributed by atoms with Crippen molar-refractivity contribution in [3.63, 3.8) is 0 Å². The molecule has 0 heterocycles. The second kappa shape index (κ2) is 6.20. The lowest BCUT2D eigenvalue weighted by molar-refractivity contribution is -0.145. The quantitative estimate of drug-likeness (QED) is 0.502. The summed E-state index contributed by atoms with van der Waals surface area (Å²) in [6.45, 7) is 2.85. The van der Waals surface area contributed by atoms with Crippen LogP contribution in [0.25, 0.3) is 0 Å². The van der Waals surface area contributed by atoms with Gasteiger partial charge in [0.05, 0.1) is 18.6 Å². The third-order valence-electron chi connectivity index (χ3n) is 2.57. The van der Waals surface area contributed by atoms with Gasteiger partial charge in [-0.3, -0.25) is 4.79 Å². The molecule has 18 heavy (non-hydrogen) atoms. The SMILES string of the molecule is CN(C(=O)NC(CC(=O)O)C(=O)O)C(C)(C)CO. The number of aliphatic hydroxyl groups is 1. The summed E-state index contributed by atoms with van der Waals surface area (Å²) in [5.74, 6) is -2.76. The number of aliphatic carboxylic acids is 2. The molecule has 8 heteroatoms. The minimum absolute atomic E-state index is 0.312. The maximum atomic E-state index is 11.7. The Balaban J connectivity index is 4.70. The third kappa shape index (κ3) is 4.58. The average molecular weight is 262 g/mol. The number of carbonyl (C=O) groups is 3. The van der Waals surface area contributed by atoms with E-state index in [0.717, 1.165) is 4.90 Å². The molecule has 0 saturated heterocycles. The van der Waals surface area contributed by atoms with E-state index in [1.807, 2.05) is 0 Å². The van der Waals surface area contributed by atoms with Crippen molar-refractivity contribution >= 4 is 18.0 Å². The van der Waals surface area contributed by atoms with Gasteiger partial charge >= 0.3 is 18.0 Å². The first-order valence-electron chi connectivity index (χ1n) is 5.21. The first-order valence-corrected chi connectivity index (χ1v) is 5.21.